The van der Waals surface area contributed by atoms with E-state index in [2.05, 4.69) is 28.1 Å². The van der Waals surface area contributed by atoms with E-state index in [0.29, 0.717) is 6.42 Å². The van der Waals surface area contributed by atoms with Crippen LogP contribution in [0.2, 0.25) is 0 Å². The monoisotopic (exact) mass is 309 g/mol. The average molecular weight is 309 g/mol. The van der Waals surface area contributed by atoms with Gasteiger partial charge in [-0.2, -0.15) is 0 Å². The molecule has 0 aliphatic rings. The number of aromatic nitrogens is 1. The van der Waals surface area contributed by atoms with Crippen LogP contribution in [0.4, 0.5) is 0 Å². The number of esters is 1. The minimum absolute atomic E-state index is 0.141. The van der Waals surface area contributed by atoms with Crippen LogP contribution in [0.3, 0.4) is 0 Å². The molecule has 0 saturated carbocycles. The van der Waals surface area contributed by atoms with E-state index in [1.807, 2.05) is 6.92 Å². The molecule has 0 fully saturated rings. The van der Waals surface area contributed by atoms with Crippen LogP contribution in [-0.2, 0) is 28.8 Å². The van der Waals surface area contributed by atoms with E-state index in [0.717, 1.165) is 24.3 Å². The molecular formula is C15H19NO2S2. The summed E-state index contributed by atoms with van der Waals surface area (Å²) in [6, 6.07) is 2.23. The number of carbonyl (C=O) groups is 1. The molecule has 0 unspecified atom stereocenters. The maximum Gasteiger partial charge on any atom is 0.305 e. The van der Waals surface area contributed by atoms with E-state index in [1.165, 1.54) is 28.1 Å². The fraction of sp³-hybridized carbons (Fsp3) is 0.467. The maximum absolute atomic E-state index is 11.2. The Labute approximate surface area is 127 Å². The second-order valence-electron chi connectivity index (χ2n) is 4.75. The van der Waals surface area contributed by atoms with Gasteiger partial charge in [0.25, 0.3) is 0 Å². The first-order valence-corrected chi connectivity index (χ1v) is 8.34. The van der Waals surface area contributed by atoms with Crippen molar-refractivity contribution in [2.24, 2.45) is 0 Å². The molecule has 0 N–H and O–H groups in total. The van der Waals surface area contributed by atoms with Crippen LogP contribution in [-0.4, -0.2) is 18.1 Å². The number of nitrogens with zero attached hydrogens (tertiary/aromatic N) is 1. The molecule has 0 amide bonds. The second-order valence-corrected chi connectivity index (χ2v) is 7.04. The third kappa shape index (κ3) is 4.15. The van der Waals surface area contributed by atoms with Gasteiger partial charge in [-0.1, -0.05) is 0 Å². The van der Waals surface area contributed by atoms with Gasteiger partial charge in [0.05, 0.1) is 24.2 Å². The molecule has 5 heteroatoms. The van der Waals surface area contributed by atoms with Crippen LogP contribution >= 0.6 is 22.7 Å². The third-order valence-corrected chi connectivity index (χ3v) is 5.33. The van der Waals surface area contributed by atoms with Crippen LogP contribution < -0.4 is 0 Å². The van der Waals surface area contributed by atoms with Crippen LogP contribution in [0, 0.1) is 13.8 Å². The lowest BCUT2D eigenvalue weighted by Gasteiger charge is -1.98. The number of thiophene rings is 1. The zero-order valence-electron chi connectivity index (χ0n) is 12.1. The minimum Gasteiger partial charge on any atom is -0.469 e. The lowest BCUT2D eigenvalue weighted by Crippen LogP contribution is -2.01. The predicted octanol–water partition coefficient (Wildman–Crippen LogP) is 3.71. The van der Waals surface area contributed by atoms with E-state index in [-0.39, 0.29) is 5.97 Å². The lowest BCUT2D eigenvalue weighted by atomic mass is 10.1. The van der Waals surface area contributed by atoms with Crippen molar-refractivity contribution in [3.05, 3.63) is 37.5 Å². The molecule has 0 aromatic carbocycles. The lowest BCUT2D eigenvalue weighted by molar-refractivity contribution is -0.140. The van der Waals surface area contributed by atoms with Crippen molar-refractivity contribution in [1.82, 2.24) is 4.98 Å². The topological polar surface area (TPSA) is 39.2 Å². The maximum atomic E-state index is 11.2. The van der Waals surface area contributed by atoms with Gasteiger partial charge in [0.15, 0.2) is 0 Å². The number of hydrogen-bond acceptors (Lipinski definition) is 5. The summed E-state index contributed by atoms with van der Waals surface area (Å²) in [7, 11) is 1.44. The van der Waals surface area contributed by atoms with E-state index in [9.17, 15) is 4.79 Å². The van der Waals surface area contributed by atoms with E-state index >= 15 is 0 Å². The molecule has 2 heterocycles. The standard InChI is InChI=1S/C15H19NO2S2/c1-10-8-13(5-4-12-9-19-11(2)16-12)20-14(10)6-7-15(17)18-3/h8-9H,4-7H2,1-3H3. The Bertz CT molecular complexity index is 586. The number of rotatable bonds is 6. The van der Waals surface area contributed by atoms with Crippen molar-refractivity contribution in [2.45, 2.75) is 39.5 Å². The molecule has 0 bridgehead atoms. The van der Waals surface area contributed by atoms with Crippen molar-refractivity contribution in [3.8, 4) is 0 Å². The number of thiazole rings is 1. The largest absolute Gasteiger partial charge is 0.469 e. The zero-order valence-corrected chi connectivity index (χ0v) is 13.7. The summed E-state index contributed by atoms with van der Waals surface area (Å²) in [5.41, 5.74) is 2.46. The number of ether oxygens (including phenoxy) is 1. The summed E-state index contributed by atoms with van der Waals surface area (Å²) in [6.07, 6.45) is 3.25. The van der Waals surface area contributed by atoms with Gasteiger partial charge >= 0.3 is 5.97 Å². The number of methoxy groups -OCH3 is 1. The Morgan fingerprint density at radius 3 is 2.75 bits per heavy atom. The Hall–Kier alpha value is -1.20. The van der Waals surface area contributed by atoms with Crippen molar-refractivity contribution < 1.29 is 9.53 Å². The van der Waals surface area contributed by atoms with Gasteiger partial charge in [-0.25, -0.2) is 4.98 Å². The highest BCUT2D eigenvalue weighted by molar-refractivity contribution is 7.12. The highest BCUT2D eigenvalue weighted by atomic mass is 32.1. The average Bonchev–Trinajstić information content (AvgIpc) is 3.00. The van der Waals surface area contributed by atoms with Crippen LogP contribution in [0.1, 0.15) is 32.4 Å². The van der Waals surface area contributed by atoms with Gasteiger partial charge in [0.2, 0.25) is 0 Å². The van der Waals surface area contributed by atoms with Gasteiger partial charge in [0.1, 0.15) is 0 Å². The van der Waals surface area contributed by atoms with Crippen molar-refractivity contribution in [2.75, 3.05) is 7.11 Å². The van der Waals surface area contributed by atoms with Gasteiger partial charge in [0, 0.05) is 15.1 Å². The molecule has 2 rings (SSSR count). The fourth-order valence-corrected chi connectivity index (χ4v) is 3.88. The summed E-state index contributed by atoms with van der Waals surface area (Å²) in [5, 5.41) is 3.26. The summed E-state index contributed by atoms with van der Waals surface area (Å²) in [6.45, 7) is 4.15. The first-order valence-electron chi connectivity index (χ1n) is 6.64. The summed E-state index contributed by atoms with van der Waals surface area (Å²) in [4.78, 5) is 18.3. The van der Waals surface area contributed by atoms with Crippen molar-refractivity contribution >= 4 is 28.6 Å². The molecule has 2 aromatic heterocycles. The molecule has 0 aliphatic carbocycles. The molecule has 3 nitrogen and oxygen atoms in total. The highest BCUT2D eigenvalue weighted by Crippen LogP contribution is 2.25. The van der Waals surface area contributed by atoms with E-state index < -0.39 is 0 Å². The van der Waals surface area contributed by atoms with E-state index in [1.54, 1.807) is 22.7 Å². The zero-order chi connectivity index (χ0) is 14.5. The number of aryl methyl sites for hydroxylation is 5. The summed E-state index contributed by atoms with van der Waals surface area (Å²) < 4.78 is 4.68. The summed E-state index contributed by atoms with van der Waals surface area (Å²) >= 11 is 3.51. The smallest absolute Gasteiger partial charge is 0.305 e. The molecule has 20 heavy (non-hydrogen) atoms. The first-order chi connectivity index (χ1) is 9.58. The van der Waals surface area contributed by atoms with Crippen molar-refractivity contribution in [1.29, 1.82) is 0 Å². The summed E-state index contributed by atoms with van der Waals surface area (Å²) in [5.74, 6) is -0.141. The Morgan fingerprint density at radius 2 is 2.10 bits per heavy atom. The first kappa shape index (κ1) is 15.2. The second kappa shape index (κ2) is 6.99. The quantitative estimate of drug-likeness (QED) is 0.764. The molecular weight excluding hydrogens is 290 g/mol. The molecule has 0 aliphatic heterocycles. The molecule has 2 aromatic rings. The molecule has 0 saturated heterocycles. The number of carbonyl (C=O) groups excluding carboxylic acids is 1. The predicted molar refractivity (Wildman–Crippen MR) is 83.7 cm³/mol. The van der Waals surface area contributed by atoms with Gasteiger partial charge < -0.3 is 4.74 Å². The fourth-order valence-electron chi connectivity index (χ4n) is 2.05. The van der Waals surface area contributed by atoms with Crippen molar-refractivity contribution in [3.63, 3.8) is 0 Å². The minimum atomic E-state index is -0.141. The van der Waals surface area contributed by atoms with Gasteiger partial charge in [-0.15, -0.1) is 22.7 Å². The molecule has 0 radical (unpaired) electrons. The SMILES string of the molecule is COC(=O)CCc1sc(CCc2csc(C)n2)cc1C. The van der Waals surface area contributed by atoms with Gasteiger partial charge in [-0.3, -0.25) is 4.79 Å². The molecule has 0 atom stereocenters. The van der Waals surface area contributed by atoms with Crippen LogP contribution in [0.25, 0.3) is 0 Å². The third-order valence-electron chi connectivity index (χ3n) is 3.15. The highest BCUT2D eigenvalue weighted by Gasteiger charge is 2.09. The van der Waals surface area contributed by atoms with Gasteiger partial charge in [-0.05, 0) is 44.7 Å². The van der Waals surface area contributed by atoms with Crippen LogP contribution in [0.5, 0.6) is 0 Å². The van der Waals surface area contributed by atoms with Crippen LogP contribution in [0.15, 0.2) is 11.4 Å². The Morgan fingerprint density at radius 1 is 1.30 bits per heavy atom. The molecule has 0 spiro atoms. The Kier molecular flexibility index (Phi) is 5.31. The normalized spacial score (nSPS) is 10.8. The van der Waals surface area contributed by atoms with E-state index in [4.69, 9.17) is 0 Å². The number of hydrogen-bond donors (Lipinski definition) is 0. The Balaban J connectivity index is 1.91. The molecule has 108 valence electrons.